The van der Waals surface area contributed by atoms with Gasteiger partial charge in [-0.15, -0.1) is 0 Å². The molecule has 0 fully saturated rings. The van der Waals surface area contributed by atoms with Crippen LogP contribution in [0.1, 0.15) is 0 Å². The predicted octanol–water partition coefficient (Wildman–Crippen LogP) is 1.02. The number of anilines is 1. The van der Waals surface area contributed by atoms with Crippen LogP contribution in [0.4, 0.5) is 5.69 Å². The summed E-state index contributed by atoms with van der Waals surface area (Å²) in [5, 5.41) is 5.60. The highest BCUT2D eigenvalue weighted by Gasteiger charge is 2.13. The molecule has 0 saturated carbocycles. The Bertz CT molecular complexity index is 287. The third-order valence-corrected chi connectivity index (χ3v) is 1.82. The van der Waals surface area contributed by atoms with Gasteiger partial charge in [0.05, 0.1) is 5.69 Å². The molecule has 0 aliphatic carbocycles. The molecule has 0 spiro atoms. The summed E-state index contributed by atoms with van der Waals surface area (Å²) >= 11 is 4.12. The molecule has 0 radical (unpaired) electrons. The Labute approximate surface area is 76.0 Å². The smallest absolute Gasteiger partial charge is 0.134 e. The molecule has 1 heterocycles. The van der Waals surface area contributed by atoms with Gasteiger partial charge in [-0.05, 0) is 24.9 Å². The Morgan fingerprint density at radius 3 is 2.58 bits per heavy atom. The molecule has 2 rings (SSSR count). The van der Waals surface area contributed by atoms with Crippen LogP contribution < -0.4 is 10.5 Å². The van der Waals surface area contributed by atoms with Crippen LogP contribution in [0.5, 0.6) is 0 Å². The lowest BCUT2D eigenvalue weighted by Crippen LogP contribution is -2.35. The summed E-state index contributed by atoms with van der Waals surface area (Å²) in [4.78, 5) is 0. The van der Waals surface area contributed by atoms with Gasteiger partial charge in [-0.25, -0.2) is 10.5 Å². The lowest BCUT2D eigenvalue weighted by Gasteiger charge is -2.20. The van der Waals surface area contributed by atoms with Crippen molar-refractivity contribution in [1.29, 1.82) is 0 Å². The van der Waals surface area contributed by atoms with E-state index < -0.39 is 0 Å². The highest BCUT2D eigenvalue weighted by molar-refractivity contribution is 7.77. The summed E-state index contributed by atoms with van der Waals surface area (Å²) in [7, 11) is 0. The first-order valence-electron chi connectivity index (χ1n) is 3.50. The minimum atomic E-state index is 1.02. The van der Waals surface area contributed by atoms with Crippen LogP contribution in [0.25, 0.3) is 0 Å². The third kappa shape index (κ3) is 1.24. The van der Waals surface area contributed by atoms with Crippen molar-refractivity contribution in [2.45, 2.75) is 0 Å². The average Bonchev–Trinajstić information content (AvgIpc) is 2.53. The number of benzene rings is 1. The first-order chi connectivity index (χ1) is 5.88. The Kier molecular flexibility index (Phi) is 1.89. The minimum absolute atomic E-state index is 1.02. The fraction of sp³-hybridized carbons (Fsp3) is 0. The number of nitrogens with one attached hydrogen (secondary N) is 1. The molecular formula is C7H8N4S. The first-order valence-corrected chi connectivity index (χ1v) is 3.90. The van der Waals surface area contributed by atoms with Gasteiger partial charge in [0.1, 0.15) is 6.34 Å². The SMILES string of the molecule is SN1NN=CN1c1ccccc1. The number of hydrazine groups is 2. The van der Waals surface area contributed by atoms with Crippen molar-refractivity contribution < 1.29 is 0 Å². The lowest BCUT2D eigenvalue weighted by molar-refractivity contribution is 0.417. The molecule has 12 heavy (non-hydrogen) atoms. The van der Waals surface area contributed by atoms with E-state index in [2.05, 4.69) is 23.5 Å². The minimum Gasteiger partial charge on any atom is -0.233 e. The van der Waals surface area contributed by atoms with Gasteiger partial charge < -0.3 is 0 Å². The Balaban J connectivity index is 2.25. The number of para-hydroxylation sites is 1. The van der Waals surface area contributed by atoms with E-state index >= 15 is 0 Å². The summed E-state index contributed by atoms with van der Waals surface area (Å²) in [6, 6.07) is 9.84. The Morgan fingerprint density at radius 2 is 2.00 bits per heavy atom. The molecule has 0 atom stereocenters. The van der Waals surface area contributed by atoms with Crippen molar-refractivity contribution in [3.63, 3.8) is 0 Å². The maximum atomic E-state index is 4.12. The fourth-order valence-electron chi connectivity index (χ4n) is 0.986. The van der Waals surface area contributed by atoms with E-state index in [1.165, 1.54) is 4.52 Å². The van der Waals surface area contributed by atoms with Crippen LogP contribution in [0, 0.1) is 0 Å². The number of rotatable bonds is 1. The van der Waals surface area contributed by atoms with E-state index in [1.54, 1.807) is 11.3 Å². The largest absolute Gasteiger partial charge is 0.233 e. The van der Waals surface area contributed by atoms with Crippen molar-refractivity contribution in [3.8, 4) is 0 Å². The van der Waals surface area contributed by atoms with Gasteiger partial charge in [0.25, 0.3) is 0 Å². The first kappa shape index (κ1) is 7.45. The molecule has 1 aliphatic heterocycles. The predicted molar refractivity (Wildman–Crippen MR) is 51.4 cm³/mol. The van der Waals surface area contributed by atoms with Crippen LogP contribution in [0.3, 0.4) is 0 Å². The Morgan fingerprint density at radius 1 is 1.25 bits per heavy atom. The molecular weight excluding hydrogens is 172 g/mol. The zero-order chi connectivity index (χ0) is 8.39. The number of hydrogen-bond donors (Lipinski definition) is 2. The highest BCUT2D eigenvalue weighted by atomic mass is 32.1. The fourth-order valence-corrected chi connectivity index (χ4v) is 1.19. The maximum absolute atomic E-state index is 4.12. The molecule has 62 valence electrons. The van der Waals surface area contributed by atoms with Crippen molar-refractivity contribution in [1.82, 2.24) is 10.1 Å². The highest BCUT2D eigenvalue weighted by Crippen LogP contribution is 2.15. The molecule has 1 aliphatic rings. The molecule has 0 bridgehead atoms. The second-order valence-electron chi connectivity index (χ2n) is 2.31. The summed E-state index contributed by atoms with van der Waals surface area (Å²) in [5.41, 5.74) is 3.68. The van der Waals surface area contributed by atoms with Crippen LogP contribution in [0.15, 0.2) is 35.4 Å². The van der Waals surface area contributed by atoms with Crippen molar-refractivity contribution in [2.24, 2.45) is 5.10 Å². The number of nitrogens with zero attached hydrogens (tertiary/aromatic N) is 3. The standard InChI is InChI=1S/C7H8N4S/c12-11-9-8-6-10(11)7-4-2-1-3-5-7/h1-6,9,12H. The molecule has 4 nitrogen and oxygen atoms in total. The second kappa shape index (κ2) is 3.04. The molecule has 0 unspecified atom stereocenters. The van der Waals surface area contributed by atoms with E-state index in [-0.39, 0.29) is 0 Å². The van der Waals surface area contributed by atoms with Gasteiger partial charge in [0.15, 0.2) is 0 Å². The Hall–Kier alpha value is -1.20. The summed E-state index contributed by atoms with van der Waals surface area (Å²) in [5.74, 6) is 0. The van der Waals surface area contributed by atoms with Crippen LogP contribution >= 0.6 is 12.8 Å². The van der Waals surface area contributed by atoms with Crippen LogP contribution in [-0.4, -0.2) is 10.9 Å². The van der Waals surface area contributed by atoms with Crippen LogP contribution in [-0.2, 0) is 0 Å². The average molecular weight is 180 g/mol. The molecule has 5 heteroatoms. The van der Waals surface area contributed by atoms with Crippen molar-refractivity contribution in [3.05, 3.63) is 30.3 Å². The second-order valence-corrected chi connectivity index (χ2v) is 2.69. The monoisotopic (exact) mass is 180 g/mol. The topological polar surface area (TPSA) is 30.9 Å². The van der Waals surface area contributed by atoms with Crippen molar-refractivity contribution >= 4 is 24.8 Å². The lowest BCUT2D eigenvalue weighted by atomic mass is 10.3. The quantitative estimate of drug-likeness (QED) is 0.632. The summed E-state index contributed by atoms with van der Waals surface area (Å²) < 4.78 is 1.50. The van der Waals surface area contributed by atoms with Gasteiger partial charge in [-0.3, -0.25) is 0 Å². The molecule has 0 aromatic heterocycles. The van der Waals surface area contributed by atoms with Gasteiger partial charge in [0.2, 0.25) is 0 Å². The van der Waals surface area contributed by atoms with Crippen LogP contribution in [0.2, 0.25) is 0 Å². The molecule has 0 amide bonds. The van der Waals surface area contributed by atoms with Gasteiger partial charge >= 0.3 is 0 Å². The van der Waals surface area contributed by atoms with E-state index in [0.717, 1.165) is 5.69 Å². The number of thiol groups is 1. The van der Waals surface area contributed by atoms with E-state index in [9.17, 15) is 0 Å². The molecule has 1 aromatic carbocycles. The molecule has 0 saturated heterocycles. The zero-order valence-corrected chi connectivity index (χ0v) is 7.15. The van der Waals surface area contributed by atoms with Gasteiger partial charge in [-0.1, -0.05) is 22.7 Å². The van der Waals surface area contributed by atoms with Crippen molar-refractivity contribution in [2.75, 3.05) is 5.01 Å². The normalized spacial score (nSPS) is 16.6. The zero-order valence-electron chi connectivity index (χ0n) is 6.25. The van der Waals surface area contributed by atoms with Gasteiger partial charge in [-0.2, -0.15) is 5.10 Å². The van der Waals surface area contributed by atoms with E-state index in [4.69, 9.17) is 0 Å². The van der Waals surface area contributed by atoms with E-state index in [0.29, 0.717) is 0 Å². The third-order valence-electron chi connectivity index (χ3n) is 1.54. The molecule has 1 aromatic rings. The number of hydrogen-bond acceptors (Lipinski definition) is 5. The van der Waals surface area contributed by atoms with E-state index in [1.807, 2.05) is 30.3 Å². The summed E-state index contributed by atoms with van der Waals surface area (Å²) in [6.45, 7) is 0. The molecule has 1 N–H and O–H groups in total. The summed E-state index contributed by atoms with van der Waals surface area (Å²) in [6.07, 6.45) is 1.66. The number of hydrazone groups is 1. The van der Waals surface area contributed by atoms with Gasteiger partial charge in [0, 0.05) is 0 Å². The maximum Gasteiger partial charge on any atom is 0.134 e.